The first-order chi connectivity index (χ1) is 25.1. The summed E-state index contributed by atoms with van der Waals surface area (Å²) < 4.78 is 53.7. The Labute approximate surface area is 303 Å². The number of halogens is 4. The molecule has 0 bridgehead atoms. The maximum absolute atomic E-state index is 13.4. The highest BCUT2D eigenvalue weighted by molar-refractivity contribution is 5.34. The molecular weight excluding hydrogens is 668 g/mol. The van der Waals surface area contributed by atoms with E-state index < -0.39 is 0 Å². The third-order valence-corrected chi connectivity index (χ3v) is 11.9. The molecule has 52 heavy (non-hydrogen) atoms. The molecule has 4 aromatic rings. The third-order valence-electron chi connectivity index (χ3n) is 11.9. The summed E-state index contributed by atoms with van der Waals surface area (Å²) in [6, 6.07) is 25.9. The van der Waals surface area contributed by atoms with Crippen molar-refractivity contribution >= 4 is 0 Å². The van der Waals surface area contributed by atoms with E-state index in [1.807, 2.05) is 0 Å². The van der Waals surface area contributed by atoms with E-state index in [1.165, 1.54) is 48.5 Å². The molecule has 276 valence electrons. The first kappa shape index (κ1) is 36.7. The van der Waals surface area contributed by atoms with Gasteiger partial charge in [0.25, 0.3) is 0 Å². The monoisotopic (exact) mass is 716 g/mol. The Morgan fingerprint density at radius 2 is 0.788 bits per heavy atom. The van der Waals surface area contributed by atoms with Crippen LogP contribution < -0.4 is 10.6 Å². The van der Waals surface area contributed by atoms with Gasteiger partial charge in [0, 0.05) is 37.0 Å². The van der Waals surface area contributed by atoms with Crippen LogP contribution in [0.3, 0.4) is 0 Å². The van der Waals surface area contributed by atoms with E-state index in [4.69, 9.17) is 0 Å². The predicted octanol–water partition coefficient (Wildman–Crippen LogP) is 6.20. The third kappa shape index (κ3) is 7.83. The van der Waals surface area contributed by atoms with Crippen molar-refractivity contribution in [2.45, 2.75) is 50.0 Å². The minimum absolute atomic E-state index is 0.0790. The van der Waals surface area contributed by atoms with Crippen molar-refractivity contribution in [2.75, 3.05) is 52.4 Å². The van der Waals surface area contributed by atoms with Gasteiger partial charge < -0.3 is 20.8 Å². The van der Waals surface area contributed by atoms with Crippen LogP contribution in [0.4, 0.5) is 17.6 Å². The van der Waals surface area contributed by atoms with E-state index >= 15 is 0 Å². The highest BCUT2D eigenvalue weighted by Crippen LogP contribution is 2.43. The van der Waals surface area contributed by atoms with Gasteiger partial charge in [0.1, 0.15) is 23.3 Å². The summed E-state index contributed by atoms with van der Waals surface area (Å²) in [4.78, 5) is 4.66. The van der Waals surface area contributed by atoms with E-state index in [0.717, 1.165) is 100 Å². The normalized spacial score (nSPS) is 26.7. The summed E-state index contributed by atoms with van der Waals surface area (Å²) in [5.41, 5.74) is 3.64. The molecule has 4 heterocycles. The van der Waals surface area contributed by atoms with Crippen molar-refractivity contribution in [3.8, 4) is 0 Å². The summed E-state index contributed by atoms with van der Waals surface area (Å²) >= 11 is 0. The lowest BCUT2D eigenvalue weighted by Crippen LogP contribution is -2.51. The number of nitrogens with zero attached hydrogens (tertiary/aromatic N) is 2. The molecule has 6 nitrogen and oxygen atoms in total. The fourth-order valence-corrected chi connectivity index (χ4v) is 8.94. The minimum atomic E-state index is -0.309. The zero-order chi connectivity index (χ0) is 36.3. The minimum Gasteiger partial charge on any atom is -0.392 e. The second-order valence-corrected chi connectivity index (χ2v) is 15.1. The van der Waals surface area contributed by atoms with Crippen LogP contribution in [-0.2, 0) is 0 Å². The van der Waals surface area contributed by atoms with Gasteiger partial charge in [-0.1, -0.05) is 48.5 Å². The number of aliphatic hydroxyl groups is 2. The van der Waals surface area contributed by atoms with Crippen molar-refractivity contribution in [2.24, 2.45) is 10.8 Å². The Balaban J connectivity index is 0.000000162. The molecule has 4 aromatic carbocycles. The molecule has 4 atom stereocenters. The van der Waals surface area contributed by atoms with Crippen molar-refractivity contribution < 1.29 is 27.8 Å². The SMILES string of the molecule is O[C@@H]1CCNC[C@]12CCN(C(c1ccc(F)cc1)c1ccc(F)cc1)C2.O[C@H]1CCNC[C@]12CCN(C(c1ccc(F)cc1)c1ccc(F)cc1)C2. The van der Waals surface area contributed by atoms with Crippen molar-refractivity contribution in [1.82, 2.24) is 20.4 Å². The van der Waals surface area contributed by atoms with Gasteiger partial charge in [-0.25, -0.2) is 17.6 Å². The molecular formula is C42H48F4N4O2. The van der Waals surface area contributed by atoms with Gasteiger partial charge in [-0.05, 0) is 123 Å². The van der Waals surface area contributed by atoms with Crippen molar-refractivity contribution in [3.63, 3.8) is 0 Å². The Morgan fingerprint density at radius 1 is 0.500 bits per heavy atom. The van der Waals surface area contributed by atoms with Gasteiger partial charge in [0.15, 0.2) is 0 Å². The topological polar surface area (TPSA) is 71.0 Å². The number of hydrogen-bond acceptors (Lipinski definition) is 6. The van der Waals surface area contributed by atoms with E-state index in [-0.39, 0.29) is 58.4 Å². The molecule has 4 saturated heterocycles. The van der Waals surface area contributed by atoms with Crippen LogP contribution in [-0.4, -0.2) is 84.6 Å². The van der Waals surface area contributed by atoms with E-state index in [9.17, 15) is 27.8 Å². The van der Waals surface area contributed by atoms with E-state index in [0.29, 0.717) is 0 Å². The fourth-order valence-electron chi connectivity index (χ4n) is 8.94. The molecule has 0 aromatic heterocycles. The smallest absolute Gasteiger partial charge is 0.123 e. The second kappa shape index (κ2) is 15.8. The molecule has 0 saturated carbocycles. The van der Waals surface area contributed by atoms with Gasteiger partial charge in [0.2, 0.25) is 0 Å². The lowest BCUT2D eigenvalue weighted by atomic mass is 9.77. The van der Waals surface area contributed by atoms with Crippen LogP contribution >= 0.6 is 0 Å². The Kier molecular flexibility index (Phi) is 11.1. The fraction of sp³-hybridized carbons (Fsp3) is 0.429. The molecule has 4 fully saturated rings. The van der Waals surface area contributed by atoms with Gasteiger partial charge in [-0.2, -0.15) is 0 Å². The Hall–Kier alpha value is -3.64. The number of rotatable bonds is 6. The number of nitrogens with one attached hydrogen (secondary N) is 2. The zero-order valence-electron chi connectivity index (χ0n) is 29.3. The maximum atomic E-state index is 13.4. The van der Waals surface area contributed by atoms with Gasteiger partial charge >= 0.3 is 0 Å². The highest BCUT2D eigenvalue weighted by atomic mass is 19.1. The number of piperidine rings is 2. The lowest BCUT2D eigenvalue weighted by Gasteiger charge is -2.39. The Bertz CT molecular complexity index is 1540. The van der Waals surface area contributed by atoms with Crippen LogP contribution in [0, 0.1) is 34.1 Å². The first-order valence-electron chi connectivity index (χ1n) is 18.4. The van der Waals surface area contributed by atoms with Crippen molar-refractivity contribution in [3.05, 3.63) is 143 Å². The van der Waals surface area contributed by atoms with Crippen molar-refractivity contribution in [1.29, 1.82) is 0 Å². The largest absolute Gasteiger partial charge is 0.392 e. The predicted molar refractivity (Wildman–Crippen MR) is 194 cm³/mol. The summed E-state index contributed by atoms with van der Waals surface area (Å²) in [5.74, 6) is -1.07. The molecule has 0 unspecified atom stereocenters. The average molecular weight is 717 g/mol. The summed E-state index contributed by atoms with van der Waals surface area (Å²) in [6.07, 6.45) is 2.75. The standard InChI is InChI=1S/2C21H24F2N2O/c2*22-17-5-1-15(2-6-17)20(16-3-7-18(23)8-4-16)25-12-10-21(14-25)13-24-11-9-19(21)26/h2*1-8,19-20,24,26H,9-14H2/t19-,21+;19-,21-/m10/s1. The number of aliphatic hydroxyl groups excluding tert-OH is 2. The van der Waals surface area contributed by atoms with Crippen LogP contribution in [0.25, 0.3) is 0 Å². The summed E-state index contributed by atoms with van der Waals surface area (Å²) in [5, 5.41) is 28.0. The molecule has 0 amide bonds. The van der Waals surface area contributed by atoms with Gasteiger partial charge in [0.05, 0.1) is 24.3 Å². The van der Waals surface area contributed by atoms with Crippen LogP contribution in [0.1, 0.15) is 60.0 Å². The Morgan fingerprint density at radius 3 is 1.06 bits per heavy atom. The zero-order valence-corrected chi connectivity index (χ0v) is 29.3. The summed E-state index contributed by atoms with van der Waals surface area (Å²) in [6.45, 7) is 6.54. The highest BCUT2D eigenvalue weighted by Gasteiger charge is 2.48. The van der Waals surface area contributed by atoms with E-state index in [1.54, 1.807) is 48.5 Å². The molecule has 0 radical (unpaired) electrons. The van der Waals surface area contributed by atoms with Gasteiger partial charge in [-0.15, -0.1) is 0 Å². The molecule has 0 aliphatic carbocycles. The van der Waals surface area contributed by atoms with Gasteiger partial charge in [-0.3, -0.25) is 9.80 Å². The molecule has 4 aliphatic rings. The van der Waals surface area contributed by atoms with Crippen LogP contribution in [0.2, 0.25) is 0 Å². The second-order valence-electron chi connectivity index (χ2n) is 15.1. The maximum Gasteiger partial charge on any atom is 0.123 e. The van der Waals surface area contributed by atoms with E-state index in [2.05, 4.69) is 20.4 Å². The number of likely N-dealkylation sites (tertiary alicyclic amines) is 2. The first-order valence-corrected chi connectivity index (χ1v) is 18.4. The molecule has 2 spiro atoms. The molecule has 10 heteroatoms. The molecule has 4 N–H and O–H groups in total. The van der Waals surface area contributed by atoms with Crippen LogP contribution in [0.5, 0.6) is 0 Å². The summed E-state index contributed by atoms with van der Waals surface area (Å²) in [7, 11) is 0. The van der Waals surface area contributed by atoms with Crippen LogP contribution in [0.15, 0.2) is 97.1 Å². The quantitative estimate of drug-likeness (QED) is 0.178. The molecule has 4 aliphatic heterocycles. The molecule has 8 rings (SSSR count). The number of benzene rings is 4. The number of hydrogen-bond donors (Lipinski definition) is 4. The lowest BCUT2D eigenvalue weighted by molar-refractivity contribution is 0.00371. The average Bonchev–Trinajstić information content (AvgIpc) is 3.77.